The molecule has 0 amide bonds. The molecule has 240 valence electrons. The van der Waals surface area contributed by atoms with E-state index in [1.807, 2.05) is 19.9 Å². The number of hydrogen-bond acceptors (Lipinski definition) is 3. The summed E-state index contributed by atoms with van der Waals surface area (Å²) in [6.07, 6.45) is 16.3. The highest BCUT2D eigenvalue weighted by atomic mass is 28.4. The van der Waals surface area contributed by atoms with Crippen molar-refractivity contribution in [2.45, 2.75) is 168 Å². The van der Waals surface area contributed by atoms with Crippen LogP contribution in [0.4, 0.5) is 0 Å². The molecule has 1 N–H and O–H groups in total. The topological polar surface area (TPSA) is 38.7 Å². The molecule has 42 heavy (non-hydrogen) atoms. The maximum absolute atomic E-state index is 10.5. The Balaban J connectivity index is 1.96. The molecule has 1 aromatic carbocycles. The van der Waals surface area contributed by atoms with Crippen LogP contribution in [0.5, 0.6) is 0 Å². The largest absolute Gasteiger partial charge is 0.414 e. The van der Waals surface area contributed by atoms with Crippen LogP contribution in [0.1, 0.15) is 118 Å². The molecule has 1 aliphatic rings. The van der Waals surface area contributed by atoms with Crippen LogP contribution in [0.2, 0.25) is 36.3 Å². The summed E-state index contributed by atoms with van der Waals surface area (Å²) in [6, 6.07) is 8.35. The Morgan fingerprint density at radius 2 is 1.38 bits per heavy atom. The van der Waals surface area contributed by atoms with Crippen molar-refractivity contribution in [3.63, 3.8) is 0 Å². The molecule has 0 unspecified atom stereocenters. The molecule has 0 spiro atoms. The lowest BCUT2D eigenvalue weighted by Crippen LogP contribution is -2.48. The fourth-order valence-corrected chi connectivity index (χ4v) is 8.13. The van der Waals surface area contributed by atoms with Gasteiger partial charge in [-0.05, 0) is 112 Å². The van der Waals surface area contributed by atoms with E-state index in [4.69, 9.17) is 8.85 Å². The lowest BCUT2D eigenvalue weighted by molar-refractivity contribution is 0.0725. The van der Waals surface area contributed by atoms with Gasteiger partial charge >= 0.3 is 0 Å². The van der Waals surface area contributed by atoms with Crippen LogP contribution < -0.4 is 0 Å². The predicted molar refractivity (Wildman–Crippen MR) is 188 cm³/mol. The molecule has 0 bridgehead atoms. The van der Waals surface area contributed by atoms with Crippen molar-refractivity contribution < 1.29 is 14.0 Å². The van der Waals surface area contributed by atoms with Crippen molar-refractivity contribution in [1.29, 1.82) is 0 Å². The van der Waals surface area contributed by atoms with E-state index < -0.39 is 22.2 Å². The minimum atomic E-state index is -1.85. The summed E-state index contributed by atoms with van der Waals surface area (Å²) >= 11 is 0. The van der Waals surface area contributed by atoms with Crippen LogP contribution >= 0.6 is 0 Å². The van der Waals surface area contributed by atoms with Crippen LogP contribution in [0.3, 0.4) is 0 Å². The predicted octanol–water partition coefficient (Wildman–Crippen LogP) is 11.1. The zero-order chi connectivity index (χ0) is 32.0. The second kappa shape index (κ2) is 14.9. The molecule has 0 heterocycles. The molecule has 1 aliphatic carbocycles. The second-order valence-electron chi connectivity index (χ2n) is 16.7. The van der Waals surface area contributed by atoms with Crippen molar-refractivity contribution in [2.24, 2.45) is 5.92 Å². The molecule has 1 aromatic rings. The molecule has 3 nitrogen and oxygen atoms in total. The molecule has 5 heteroatoms. The molecule has 0 aromatic heterocycles. The number of hydrogen-bond donors (Lipinski definition) is 1. The van der Waals surface area contributed by atoms with Crippen LogP contribution in [-0.2, 0) is 20.9 Å². The number of aryl methyl sites for hydroxylation is 1. The standard InChI is InChI=1S/C37H66O3Si2/c1-29(24-25-31-22-18-19-23-34(31)37(8,9)38)20-16-14-15-17-21-30-26-32(39-41(10,11)35(2,3)4)28-33(27-30)40-42(12,13)36(5,6)7/h15,17-19,21-23,29,32-33,38H,14,16,20,24-28H2,1-13H3/t29-,32-,33+/m1/s1. The number of rotatable bonds is 13. The van der Waals surface area contributed by atoms with Crippen LogP contribution in [0.25, 0.3) is 0 Å². The summed E-state index contributed by atoms with van der Waals surface area (Å²) in [7, 11) is -3.70. The molecule has 2 rings (SSSR count). The Kier molecular flexibility index (Phi) is 13.2. The van der Waals surface area contributed by atoms with Gasteiger partial charge in [-0.2, -0.15) is 0 Å². The van der Waals surface area contributed by atoms with E-state index in [0.717, 1.165) is 44.1 Å². The van der Waals surface area contributed by atoms with Gasteiger partial charge in [0.05, 0.1) is 17.8 Å². The summed E-state index contributed by atoms with van der Waals surface area (Å²) in [4.78, 5) is 0. The van der Waals surface area contributed by atoms with Crippen molar-refractivity contribution >= 4 is 16.6 Å². The second-order valence-corrected chi connectivity index (χ2v) is 26.2. The minimum absolute atomic E-state index is 0.208. The fraction of sp³-hybridized carbons (Fsp3) is 0.730. The zero-order valence-electron chi connectivity index (χ0n) is 29.7. The first-order valence-corrected chi connectivity index (χ1v) is 22.4. The molecule has 1 saturated carbocycles. The van der Waals surface area contributed by atoms with Gasteiger partial charge in [-0.1, -0.05) is 103 Å². The van der Waals surface area contributed by atoms with Gasteiger partial charge < -0.3 is 14.0 Å². The van der Waals surface area contributed by atoms with E-state index in [2.05, 4.69) is 111 Å². The molecule has 1 fully saturated rings. The first-order valence-electron chi connectivity index (χ1n) is 16.6. The van der Waals surface area contributed by atoms with E-state index >= 15 is 0 Å². The first-order chi connectivity index (χ1) is 19.1. The molecular formula is C37H66O3Si2. The van der Waals surface area contributed by atoms with E-state index in [0.29, 0.717) is 5.92 Å². The van der Waals surface area contributed by atoms with E-state index in [9.17, 15) is 5.11 Å². The van der Waals surface area contributed by atoms with Crippen molar-refractivity contribution in [2.75, 3.05) is 0 Å². The van der Waals surface area contributed by atoms with Gasteiger partial charge in [0, 0.05) is 0 Å². The molecule has 0 radical (unpaired) electrons. The zero-order valence-corrected chi connectivity index (χ0v) is 31.7. The highest BCUT2D eigenvalue weighted by Crippen LogP contribution is 2.43. The van der Waals surface area contributed by atoms with Gasteiger partial charge in [-0.3, -0.25) is 0 Å². The number of benzene rings is 1. The maximum Gasteiger partial charge on any atom is 0.192 e. The summed E-state index contributed by atoms with van der Waals surface area (Å²) in [6.45, 7) is 29.6. The maximum atomic E-state index is 10.5. The first kappa shape index (κ1) is 37.2. The lowest BCUT2D eigenvalue weighted by Gasteiger charge is -2.45. The van der Waals surface area contributed by atoms with Crippen LogP contribution in [-0.4, -0.2) is 33.9 Å². The SMILES string of the molecule is C[C@H](CCCC=CC=C1C[C@@H](O[Si](C)(C)C(C)(C)C)C[C@@H](O[Si](C)(C)C(C)(C)C)C1)CCc1ccccc1C(C)(C)O. The fourth-order valence-electron chi connectivity index (χ4n) is 5.40. The van der Waals surface area contributed by atoms with Crippen molar-refractivity contribution in [3.8, 4) is 0 Å². The third-order valence-electron chi connectivity index (χ3n) is 10.2. The van der Waals surface area contributed by atoms with Crippen molar-refractivity contribution in [3.05, 3.63) is 59.2 Å². The van der Waals surface area contributed by atoms with Crippen LogP contribution in [0.15, 0.2) is 48.1 Å². The average Bonchev–Trinajstić information content (AvgIpc) is 2.82. The summed E-state index contributed by atoms with van der Waals surface area (Å²) in [5.41, 5.74) is 3.03. The van der Waals surface area contributed by atoms with E-state index in [1.54, 1.807) is 0 Å². The van der Waals surface area contributed by atoms with Gasteiger partial charge in [0.2, 0.25) is 0 Å². The average molecular weight is 615 g/mol. The molecule has 3 atom stereocenters. The summed E-state index contributed by atoms with van der Waals surface area (Å²) in [5, 5.41) is 10.9. The Labute approximate surface area is 262 Å². The monoisotopic (exact) mass is 614 g/mol. The van der Waals surface area contributed by atoms with Gasteiger partial charge in [-0.15, -0.1) is 0 Å². The number of unbranched alkanes of at least 4 members (excludes halogenated alkanes) is 1. The third-order valence-corrected chi connectivity index (χ3v) is 19.2. The van der Waals surface area contributed by atoms with Gasteiger partial charge in [0.1, 0.15) is 0 Å². The normalized spacial score (nSPS) is 21.3. The third kappa shape index (κ3) is 11.5. The summed E-state index contributed by atoms with van der Waals surface area (Å²) < 4.78 is 13.9. The summed E-state index contributed by atoms with van der Waals surface area (Å²) in [5.74, 6) is 0.673. The quantitative estimate of drug-likeness (QED) is 0.177. The van der Waals surface area contributed by atoms with E-state index in [1.165, 1.54) is 24.0 Å². The van der Waals surface area contributed by atoms with E-state index in [-0.39, 0.29) is 22.3 Å². The van der Waals surface area contributed by atoms with Gasteiger partial charge in [0.25, 0.3) is 0 Å². The van der Waals surface area contributed by atoms with Crippen LogP contribution in [0, 0.1) is 5.92 Å². The minimum Gasteiger partial charge on any atom is -0.414 e. The molecular weight excluding hydrogens is 549 g/mol. The highest BCUT2D eigenvalue weighted by Gasteiger charge is 2.43. The Morgan fingerprint density at radius 3 is 1.88 bits per heavy atom. The number of aliphatic hydroxyl groups is 1. The molecule has 0 saturated heterocycles. The van der Waals surface area contributed by atoms with Gasteiger partial charge in [0.15, 0.2) is 16.6 Å². The number of allylic oxidation sites excluding steroid dienone is 3. The lowest BCUT2D eigenvalue weighted by atomic mass is 9.88. The Morgan fingerprint density at radius 1 is 0.857 bits per heavy atom. The smallest absolute Gasteiger partial charge is 0.192 e. The van der Waals surface area contributed by atoms with Crippen molar-refractivity contribution in [1.82, 2.24) is 0 Å². The molecule has 0 aliphatic heterocycles. The Bertz CT molecular complexity index is 996. The highest BCUT2D eigenvalue weighted by molar-refractivity contribution is 6.74. The Hall–Kier alpha value is -0.986. The van der Waals surface area contributed by atoms with Gasteiger partial charge in [-0.25, -0.2) is 0 Å².